The van der Waals surface area contributed by atoms with E-state index in [0.29, 0.717) is 38.6 Å². The maximum Gasteiger partial charge on any atom is 0.408 e. The van der Waals surface area contributed by atoms with E-state index < -0.39 is 17.7 Å². The standard InChI is InChI=1S/C52H68N4O5/c1-50(2,3)61-49(60)54-43(48(59)53-36-35-38-31-33-40(58)34-32-38)26-14-9-12-22-39(57)23-13-11-21-37-56-45-28-20-18-25-42(45)52(6,7)47(56)30-16-10-15-29-46-51(4,5)41-24-17-19-27-44(41)55(46)8/h10,15-20,24-25,27-34,43H,9,11-14,21-23,26,35-37H2,1-8H3,(H2-,53,54,58,59,60)/p+1. The molecule has 0 bridgehead atoms. The quantitative estimate of drug-likeness (QED) is 0.0594. The number of rotatable bonds is 20. The zero-order valence-corrected chi connectivity index (χ0v) is 37.9. The van der Waals surface area contributed by atoms with Crippen LogP contribution >= 0.6 is 0 Å². The van der Waals surface area contributed by atoms with Gasteiger partial charge in [0.05, 0.1) is 5.41 Å². The first-order valence-corrected chi connectivity index (χ1v) is 22.2. The number of anilines is 1. The summed E-state index contributed by atoms with van der Waals surface area (Å²) >= 11 is 0. The summed E-state index contributed by atoms with van der Waals surface area (Å²) in [5.41, 5.74) is 7.88. The molecule has 2 aliphatic heterocycles. The Kier molecular flexibility index (Phi) is 16.0. The van der Waals surface area contributed by atoms with Gasteiger partial charge in [-0.3, -0.25) is 9.59 Å². The molecule has 61 heavy (non-hydrogen) atoms. The summed E-state index contributed by atoms with van der Waals surface area (Å²) in [5.74, 6) is 0.200. The van der Waals surface area contributed by atoms with Crippen molar-refractivity contribution in [2.24, 2.45) is 0 Å². The lowest BCUT2D eigenvalue weighted by molar-refractivity contribution is -0.401. The van der Waals surface area contributed by atoms with E-state index in [-0.39, 0.29) is 28.3 Å². The second-order valence-electron chi connectivity index (χ2n) is 18.5. The number of phenolic OH excluding ortho intramolecular Hbond substituents is 1. The van der Waals surface area contributed by atoms with Gasteiger partial charge in [-0.15, -0.1) is 0 Å². The SMILES string of the molecule is C[N+]1=C(C=CC=CC=C2N(CCCCCC(=O)CCCCCC(NC(=O)OC(C)(C)C)C(=O)NCCc3ccc(O)cc3)c3ccccc3C2(C)C)C(C)(C)c2ccccc21. The Morgan fingerprint density at radius 3 is 2.15 bits per heavy atom. The summed E-state index contributed by atoms with van der Waals surface area (Å²) in [5, 5.41) is 15.2. The Bertz CT molecular complexity index is 2120. The molecule has 3 aromatic rings. The summed E-state index contributed by atoms with van der Waals surface area (Å²) in [7, 11) is 2.15. The maximum absolute atomic E-state index is 13.1. The Morgan fingerprint density at radius 2 is 1.46 bits per heavy atom. The fraction of sp³-hybridized carbons (Fsp3) is 0.462. The van der Waals surface area contributed by atoms with E-state index in [4.69, 9.17) is 4.74 Å². The van der Waals surface area contributed by atoms with Gasteiger partial charge < -0.3 is 25.4 Å². The average Bonchev–Trinajstić information content (AvgIpc) is 3.54. The van der Waals surface area contributed by atoms with Crippen molar-refractivity contribution in [3.05, 3.63) is 126 Å². The van der Waals surface area contributed by atoms with Crippen LogP contribution in [0.4, 0.5) is 16.2 Å². The number of hydrogen-bond donors (Lipinski definition) is 3. The lowest BCUT2D eigenvalue weighted by Gasteiger charge is -2.27. The molecule has 1 unspecified atom stereocenters. The van der Waals surface area contributed by atoms with Gasteiger partial charge in [0.1, 0.15) is 30.2 Å². The lowest BCUT2D eigenvalue weighted by Crippen LogP contribution is -2.48. The van der Waals surface area contributed by atoms with E-state index in [0.717, 1.165) is 44.2 Å². The Morgan fingerprint density at radius 1 is 0.803 bits per heavy atom. The van der Waals surface area contributed by atoms with E-state index >= 15 is 0 Å². The van der Waals surface area contributed by atoms with Crippen LogP contribution < -0.4 is 15.5 Å². The van der Waals surface area contributed by atoms with Crippen molar-refractivity contribution in [2.75, 3.05) is 25.0 Å². The number of ether oxygens (including phenoxy) is 1. The van der Waals surface area contributed by atoms with E-state index in [1.807, 2.05) is 12.1 Å². The third kappa shape index (κ3) is 12.6. The van der Waals surface area contributed by atoms with Crippen molar-refractivity contribution in [1.29, 1.82) is 0 Å². The van der Waals surface area contributed by atoms with Crippen molar-refractivity contribution in [2.45, 2.75) is 135 Å². The molecule has 2 amide bonds. The number of nitrogens with zero attached hydrogens (tertiary/aromatic N) is 2. The second kappa shape index (κ2) is 20.9. The summed E-state index contributed by atoms with van der Waals surface area (Å²) in [6.07, 6.45) is 17.5. The molecule has 9 nitrogen and oxygen atoms in total. The molecule has 3 N–H and O–H groups in total. The number of nitrogens with one attached hydrogen (secondary N) is 2. The van der Waals surface area contributed by atoms with Crippen LogP contribution in [-0.4, -0.2) is 65.0 Å². The normalized spacial score (nSPS) is 16.6. The molecule has 3 aromatic carbocycles. The van der Waals surface area contributed by atoms with Crippen LogP contribution in [0.25, 0.3) is 0 Å². The fourth-order valence-electron chi connectivity index (χ4n) is 8.62. The smallest absolute Gasteiger partial charge is 0.408 e. The fourth-order valence-corrected chi connectivity index (χ4v) is 8.62. The largest absolute Gasteiger partial charge is 0.508 e. The molecule has 9 heteroatoms. The Labute approximate surface area is 364 Å². The third-order valence-electron chi connectivity index (χ3n) is 11.9. The first-order valence-electron chi connectivity index (χ1n) is 22.2. The van der Waals surface area contributed by atoms with Gasteiger partial charge >= 0.3 is 6.09 Å². The molecule has 0 saturated carbocycles. The highest BCUT2D eigenvalue weighted by Crippen LogP contribution is 2.47. The number of alkyl carbamates (subject to hydrolysis) is 1. The van der Waals surface area contributed by atoms with Gasteiger partial charge in [0.15, 0.2) is 5.71 Å². The molecule has 326 valence electrons. The molecule has 0 aliphatic carbocycles. The number of para-hydroxylation sites is 2. The molecule has 0 spiro atoms. The molecule has 1 atom stereocenters. The number of Topliss-reactive ketones (excluding diaryl/α,β-unsaturated/α-hetero) is 1. The monoisotopic (exact) mass is 830 g/mol. The van der Waals surface area contributed by atoms with Gasteiger partial charge in [-0.05, 0) is 102 Å². The number of unbranched alkanes of at least 4 members (excludes halogenated alkanes) is 4. The minimum absolute atomic E-state index is 0.0586. The molecule has 0 aromatic heterocycles. The highest BCUT2D eigenvalue weighted by Gasteiger charge is 2.42. The summed E-state index contributed by atoms with van der Waals surface area (Å²) < 4.78 is 7.72. The molecular weight excluding hydrogens is 761 g/mol. The Hall–Kier alpha value is -5.44. The Balaban J connectivity index is 1.06. The second-order valence-corrected chi connectivity index (χ2v) is 18.5. The number of carbonyl (C=O) groups excluding carboxylic acids is 3. The predicted octanol–water partition coefficient (Wildman–Crippen LogP) is 10.5. The first-order chi connectivity index (χ1) is 29.0. The maximum atomic E-state index is 13.1. The number of amides is 2. The summed E-state index contributed by atoms with van der Waals surface area (Å²) in [6.45, 7) is 15.8. The van der Waals surface area contributed by atoms with E-state index in [2.05, 4.69) is 134 Å². The van der Waals surface area contributed by atoms with Gasteiger partial charge in [0, 0.05) is 60.4 Å². The molecule has 2 heterocycles. The van der Waals surface area contributed by atoms with Crippen molar-refractivity contribution in [3.8, 4) is 5.75 Å². The first kappa shape index (κ1) is 46.6. The van der Waals surface area contributed by atoms with Crippen LogP contribution in [0.5, 0.6) is 5.75 Å². The van der Waals surface area contributed by atoms with Crippen LogP contribution in [0.3, 0.4) is 0 Å². The van der Waals surface area contributed by atoms with E-state index in [9.17, 15) is 19.5 Å². The molecule has 0 radical (unpaired) electrons. The van der Waals surface area contributed by atoms with Gasteiger partial charge in [0.2, 0.25) is 11.6 Å². The molecule has 2 aliphatic rings. The molecular formula is C52H69N4O5+. The van der Waals surface area contributed by atoms with Crippen molar-refractivity contribution in [1.82, 2.24) is 10.6 Å². The number of fused-ring (bicyclic) bond motifs is 2. The number of benzene rings is 3. The van der Waals surface area contributed by atoms with Gasteiger partial charge in [-0.2, -0.15) is 4.58 Å². The zero-order valence-electron chi connectivity index (χ0n) is 37.9. The van der Waals surface area contributed by atoms with Crippen molar-refractivity contribution in [3.63, 3.8) is 0 Å². The molecule has 0 fully saturated rings. The van der Waals surface area contributed by atoms with Crippen molar-refractivity contribution < 1.29 is 28.8 Å². The average molecular weight is 830 g/mol. The summed E-state index contributed by atoms with van der Waals surface area (Å²) in [6, 6.07) is 23.5. The van der Waals surface area contributed by atoms with E-state index in [1.165, 1.54) is 33.9 Å². The van der Waals surface area contributed by atoms with Crippen LogP contribution in [0.15, 0.2) is 109 Å². The number of phenols is 1. The van der Waals surface area contributed by atoms with Gasteiger partial charge in [0.25, 0.3) is 0 Å². The third-order valence-corrected chi connectivity index (χ3v) is 11.9. The van der Waals surface area contributed by atoms with Gasteiger partial charge in [-0.1, -0.05) is 99.9 Å². The number of carbonyl (C=O) groups is 3. The topological polar surface area (TPSA) is 111 Å². The molecule has 5 rings (SSSR count). The van der Waals surface area contributed by atoms with Crippen molar-refractivity contribution >= 4 is 34.9 Å². The van der Waals surface area contributed by atoms with Gasteiger partial charge in [-0.25, -0.2) is 4.79 Å². The minimum Gasteiger partial charge on any atom is -0.508 e. The van der Waals surface area contributed by atoms with Crippen LogP contribution in [-0.2, 0) is 31.6 Å². The van der Waals surface area contributed by atoms with Crippen LogP contribution in [0.2, 0.25) is 0 Å². The van der Waals surface area contributed by atoms with Crippen LogP contribution in [0, 0.1) is 0 Å². The predicted molar refractivity (Wildman–Crippen MR) is 248 cm³/mol. The summed E-state index contributed by atoms with van der Waals surface area (Å²) in [4.78, 5) is 41.0. The lowest BCUT2D eigenvalue weighted by atomic mass is 9.81. The number of hydrogen-bond acceptors (Lipinski definition) is 6. The van der Waals surface area contributed by atoms with E-state index in [1.54, 1.807) is 32.9 Å². The number of ketones is 1. The highest BCUT2D eigenvalue weighted by molar-refractivity contribution is 6.03. The number of allylic oxidation sites excluding steroid dienone is 6. The molecule has 0 saturated heterocycles. The van der Waals surface area contributed by atoms with Crippen LogP contribution in [0.1, 0.15) is 123 Å². The highest BCUT2D eigenvalue weighted by atomic mass is 16.6. The number of aromatic hydroxyl groups is 1. The minimum atomic E-state index is -0.739. The zero-order chi connectivity index (χ0) is 44.2.